The van der Waals surface area contributed by atoms with E-state index in [9.17, 15) is 9.18 Å². The molecule has 1 aliphatic heterocycles. The van der Waals surface area contributed by atoms with Crippen molar-refractivity contribution in [1.82, 2.24) is 9.97 Å². The average molecular weight is 490 g/mol. The molecule has 0 saturated heterocycles. The number of aromatic nitrogens is 2. The normalized spacial score (nSPS) is 19.7. The van der Waals surface area contributed by atoms with Gasteiger partial charge in [-0.2, -0.15) is 0 Å². The van der Waals surface area contributed by atoms with Crippen molar-refractivity contribution in [3.63, 3.8) is 0 Å². The van der Waals surface area contributed by atoms with E-state index in [1.54, 1.807) is 7.11 Å². The maximum absolute atomic E-state index is 15.0. The van der Waals surface area contributed by atoms with Crippen LogP contribution in [0.1, 0.15) is 30.0 Å². The minimum absolute atomic E-state index is 0.0834. The summed E-state index contributed by atoms with van der Waals surface area (Å²) in [6, 6.07) is 13.2. The van der Waals surface area contributed by atoms with Crippen LogP contribution in [0.25, 0.3) is 0 Å². The number of hydrogen-bond donors (Lipinski definition) is 3. The number of nitrogens with zero attached hydrogens (tertiary/aromatic N) is 2. The second kappa shape index (κ2) is 9.94. The Hall–Kier alpha value is -3.98. The van der Waals surface area contributed by atoms with Gasteiger partial charge in [-0.1, -0.05) is 12.6 Å². The van der Waals surface area contributed by atoms with Crippen LogP contribution in [0.5, 0.6) is 5.75 Å². The van der Waals surface area contributed by atoms with E-state index in [1.165, 1.54) is 12.3 Å². The first-order valence-electron chi connectivity index (χ1n) is 11.9. The van der Waals surface area contributed by atoms with Crippen LogP contribution in [0, 0.1) is 5.82 Å². The van der Waals surface area contributed by atoms with E-state index in [0.717, 1.165) is 35.5 Å². The van der Waals surface area contributed by atoms with Crippen LogP contribution in [0.3, 0.4) is 0 Å². The predicted octanol–water partition coefficient (Wildman–Crippen LogP) is 4.75. The Bertz CT molecular complexity index is 1280. The first-order chi connectivity index (χ1) is 17.5. The molecule has 1 saturated carbocycles. The predicted molar refractivity (Wildman–Crippen MR) is 136 cm³/mol. The number of nitrogens with one attached hydrogen (secondary N) is 3. The zero-order valence-electron chi connectivity index (χ0n) is 20.0. The quantitative estimate of drug-likeness (QED) is 0.295. The summed E-state index contributed by atoms with van der Waals surface area (Å²) in [7, 11) is 1.63. The van der Waals surface area contributed by atoms with Gasteiger partial charge in [0.2, 0.25) is 11.9 Å². The van der Waals surface area contributed by atoms with Crippen molar-refractivity contribution in [2.24, 2.45) is 0 Å². The van der Waals surface area contributed by atoms with Crippen LogP contribution < -0.4 is 20.7 Å². The molecule has 2 aromatic carbocycles. The molecule has 1 aromatic heterocycles. The number of methoxy groups -OCH3 is 1. The molecule has 9 heteroatoms. The number of ether oxygens (including phenoxy) is 2. The summed E-state index contributed by atoms with van der Waals surface area (Å²) in [5.74, 6) is 0.319. The third kappa shape index (κ3) is 4.49. The van der Waals surface area contributed by atoms with E-state index < -0.39 is 5.82 Å². The number of amides is 1. The molecule has 1 amide bonds. The Morgan fingerprint density at radius 3 is 2.78 bits per heavy atom. The lowest BCUT2D eigenvalue weighted by atomic mass is 9.56. The monoisotopic (exact) mass is 489 g/mol. The highest BCUT2D eigenvalue weighted by Crippen LogP contribution is 2.59. The van der Waals surface area contributed by atoms with Crippen molar-refractivity contribution >= 4 is 28.9 Å². The van der Waals surface area contributed by atoms with Crippen LogP contribution in [0.2, 0.25) is 0 Å². The van der Waals surface area contributed by atoms with Gasteiger partial charge in [0.15, 0.2) is 5.82 Å². The van der Waals surface area contributed by atoms with Gasteiger partial charge in [0.05, 0.1) is 18.5 Å². The number of rotatable bonds is 9. The van der Waals surface area contributed by atoms with Gasteiger partial charge in [-0.15, -0.1) is 0 Å². The van der Waals surface area contributed by atoms with Crippen molar-refractivity contribution in [3.05, 3.63) is 78.4 Å². The molecule has 8 nitrogen and oxygen atoms in total. The average Bonchev–Trinajstić information content (AvgIpc) is 3.27. The van der Waals surface area contributed by atoms with Gasteiger partial charge in [0.25, 0.3) is 0 Å². The van der Waals surface area contributed by atoms with Crippen LogP contribution >= 0.6 is 0 Å². The van der Waals surface area contributed by atoms with Crippen molar-refractivity contribution in [2.75, 3.05) is 42.8 Å². The van der Waals surface area contributed by atoms with Crippen molar-refractivity contribution < 1.29 is 18.7 Å². The highest BCUT2D eigenvalue weighted by Gasteiger charge is 2.53. The van der Waals surface area contributed by atoms with Crippen molar-refractivity contribution in [3.8, 4) is 5.75 Å². The Kier molecular flexibility index (Phi) is 6.56. The summed E-state index contributed by atoms with van der Waals surface area (Å²) in [4.78, 5) is 20.4. The van der Waals surface area contributed by atoms with Crippen LogP contribution in [0.15, 0.2) is 61.3 Å². The van der Waals surface area contributed by atoms with Gasteiger partial charge < -0.3 is 25.4 Å². The SMILES string of the molecule is C=CC(=O)Nc1ccc2c(c1)NC[C@@]21CCC1c1nc(Nc2ccc(OCCOC)cc2)ncc1F. The van der Waals surface area contributed by atoms with Gasteiger partial charge in [-0.05, 0) is 60.9 Å². The standard InChI is InChI=1S/C27H28FN5O3/c1-3-24(34)31-18-6-9-20-23(14-18)30-16-27(20)11-10-21(27)25-22(28)15-29-26(33-25)32-17-4-7-19(8-5-17)36-13-12-35-2/h3-9,14-15,21,30H,1,10-13,16H2,2H3,(H,31,34)(H,29,32,33)/t21?,27-/m0/s1. The smallest absolute Gasteiger partial charge is 0.247 e. The molecular formula is C27H28FN5O3. The van der Waals surface area contributed by atoms with Gasteiger partial charge in [0, 0.05) is 42.0 Å². The molecule has 186 valence electrons. The van der Waals surface area contributed by atoms with E-state index in [1.807, 2.05) is 42.5 Å². The maximum atomic E-state index is 15.0. The fraction of sp³-hybridized carbons (Fsp3) is 0.296. The molecule has 1 aliphatic carbocycles. The number of benzene rings is 2. The van der Waals surface area contributed by atoms with Gasteiger partial charge in [0.1, 0.15) is 12.4 Å². The lowest BCUT2D eigenvalue weighted by Gasteiger charge is -2.47. The molecule has 1 fully saturated rings. The number of anilines is 4. The molecule has 2 atom stereocenters. The van der Waals surface area contributed by atoms with E-state index in [4.69, 9.17) is 9.47 Å². The highest BCUT2D eigenvalue weighted by molar-refractivity contribution is 5.99. The molecule has 1 spiro atoms. The molecule has 3 N–H and O–H groups in total. The van der Waals surface area contributed by atoms with E-state index in [0.29, 0.717) is 37.1 Å². The Labute approximate surface area is 209 Å². The summed E-state index contributed by atoms with van der Waals surface area (Å²) < 4.78 is 25.6. The summed E-state index contributed by atoms with van der Waals surface area (Å²) >= 11 is 0. The second-order valence-corrected chi connectivity index (χ2v) is 8.97. The van der Waals surface area contributed by atoms with Gasteiger partial charge in [-0.3, -0.25) is 4.79 Å². The molecular weight excluding hydrogens is 461 g/mol. The number of carbonyl (C=O) groups excluding carboxylic acids is 1. The third-order valence-corrected chi connectivity index (χ3v) is 6.92. The molecule has 0 radical (unpaired) electrons. The fourth-order valence-electron chi connectivity index (χ4n) is 5.00. The van der Waals surface area contributed by atoms with Crippen molar-refractivity contribution in [1.29, 1.82) is 0 Å². The van der Waals surface area contributed by atoms with E-state index in [2.05, 4.69) is 32.5 Å². The molecule has 5 rings (SSSR count). The number of fused-ring (bicyclic) bond motifs is 2. The summed E-state index contributed by atoms with van der Waals surface area (Å²) in [5, 5.41) is 9.39. The lowest BCUT2D eigenvalue weighted by Crippen LogP contribution is -2.45. The molecule has 2 aliphatic rings. The zero-order valence-corrected chi connectivity index (χ0v) is 20.0. The molecule has 36 heavy (non-hydrogen) atoms. The Morgan fingerprint density at radius 1 is 1.25 bits per heavy atom. The molecule has 3 aromatic rings. The Balaban J connectivity index is 1.34. The van der Waals surface area contributed by atoms with Crippen LogP contribution in [-0.4, -0.2) is 42.7 Å². The summed E-state index contributed by atoms with van der Waals surface area (Å²) in [5.41, 5.74) is 3.70. The summed E-state index contributed by atoms with van der Waals surface area (Å²) in [6.45, 7) is 5.16. The van der Waals surface area contributed by atoms with Crippen LogP contribution in [-0.2, 0) is 14.9 Å². The molecule has 1 unspecified atom stereocenters. The zero-order chi connectivity index (χ0) is 25.1. The minimum Gasteiger partial charge on any atom is -0.491 e. The van der Waals surface area contributed by atoms with Gasteiger partial charge >= 0.3 is 0 Å². The van der Waals surface area contributed by atoms with E-state index >= 15 is 0 Å². The lowest BCUT2D eigenvalue weighted by molar-refractivity contribution is -0.111. The van der Waals surface area contributed by atoms with Gasteiger partial charge in [-0.25, -0.2) is 14.4 Å². The maximum Gasteiger partial charge on any atom is 0.247 e. The van der Waals surface area contributed by atoms with E-state index in [-0.39, 0.29) is 17.2 Å². The third-order valence-electron chi connectivity index (χ3n) is 6.92. The molecule has 0 bridgehead atoms. The molecule has 2 heterocycles. The van der Waals surface area contributed by atoms with Crippen molar-refractivity contribution in [2.45, 2.75) is 24.2 Å². The minimum atomic E-state index is -0.408. The van der Waals surface area contributed by atoms with Crippen LogP contribution in [0.4, 0.5) is 27.4 Å². The first kappa shape index (κ1) is 23.7. The fourth-order valence-corrected chi connectivity index (χ4v) is 5.00. The second-order valence-electron chi connectivity index (χ2n) is 8.97. The Morgan fingerprint density at radius 2 is 2.06 bits per heavy atom. The first-order valence-corrected chi connectivity index (χ1v) is 11.9. The highest BCUT2D eigenvalue weighted by atomic mass is 19.1. The largest absolute Gasteiger partial charge is 0.491 e. The number of hydrogen-bond acceptors (Lipinski definition) is 7. The summed E-state index contributed by atoms with van der Waals surface area (Å²) in [6.07, 6.45) is 4.22. The number of halogens is 1. The number of carbonyl (C=O) groups is 1. The topological polar surface area (TPSA) is 97.4 Å².